The van der Waals surface area contributed by atoms with Crippen molar-refractivity contribution in [2.45, 2.75) is 64.3 Å². The normalized spacial score (nSPS) is 25.6. The summed E-state index contributed by atoms with van der Waals surface area (Å²) in [5.74, 6) is -0.329. The molecule has 1 aliphatic carbocycles. The predicted molar refractivity (Wildman–Crippen MR) is 100.0 cm³/mol. The Labute approximate surface area is 155 Å². The number of ketones is 1. The minimum Gasteiger partial charge on any atom is -0.323 e. The second-order valence-electron chi connectivity index (χ2n) is 7.66. The van der Waals surface area contributed by atoms with Gasteiger partial charge in [-0.15, -0.1) is 0 Å². The highest BCUT2D eigenvalue weighted by Gasteiger charge is 2.55. The van der Waals surface area contributed by atoms with E-state index in [4.69, 9.17) is 0 Å². The van der Waals surface area contributed by atoms with Crippen LogP contribution in [0.3, 0.4) is 0 Å². The molecule has 1 aromatic carbocycles. The fourth-order valence-electron chi connectivity index (χ4n) is 4.11. The smallest absolute Gasteiger partial charge is 0.323 e. The summed E-state index contributed by atoms with van der Waals surface area (Å²) in [6.07, 6.45) is 6.84. The van der Waals surface area contributed by atoms with E-state index in [1.165, 1.54) is 5.56 Å². The van der Waals surface area contributed by atoms with Crippen molar-refractivity contribution in [3.8, 4) is 0 Å². The SMILES string of the molecule is CCCCc1ccc(C(=O)CN2C(=O)N[C@]3(CCCC[C@@H]3C)C2=O)cc1. The molecule has 0 unspecified atom stereocenters. The molecule has 1 saturated heterocycles. The first-order valence-corrected chi connectivity index (χ1v) is 9.74. The highest BCUT2D eigenvalue weighted by atomic mass is 16.2. The number of unbranched alkanes of at least 4 members (excludes halogenated alkanes) is 1. The summed E-state index contributed by atoms with van der Waals surface area (Å²) in [4.78, 5) is 39.0. The molecule has 0 radical (unpaired) electrons. The van der Waals surface area contributed by atoms with Crippen molar-refractivity contribution < 1.29 is 14.4 Å². The maximum Gasteiger partial charge on any atom is 0.325 e. The molecule has 0 aromatic heterocycles. The van der Waals surface area contributed by atoms with Gasteiger partial charge in [0.2, 0.25) is 0 Å². The van der Waals surface area contributed by atoms with Crippen molar-refractivity contribution in [1.82, 2.24) is 10.2 Å². The van der Waals surface area contributed by atoms with Gasteiger partial charge in [0, 0.05) is 5.56 Å². The van der Waals surface area contributed by atoms with Gasteiger partial charge in [0.25, 0.3) is 5.91 Å². The molecule has 140 valence electrons. The van der Waals surface area contributed by atoms with Gasteiger partial charge in [-0.3, -0.25) is 14.5 Å². The van der Waals surface area contributed by atoms with Crippen LogP contribution in [-0.2, 0) is 11.2 Å². The Hall–Kier alpha value is -2.17. The minimum atomic E-state index is -0.806. The van der Waals surface area contributed by atoms with Crippen molar-refractivity contribution in [2.24, 2.45) is 5.92 Å². The van der Waals surface area contributed by atoms with Crippen molar-refractivity contribution in [2.75, 3.05) is 6.54 Å². The summed E-state index contributed by atoms with van der Waals surface area (Å²) in [6.45, 7) is 3.97. The van der Waals surface area contributed by atoms with E-state index < -0.39 is 11.6 Å². The lowest BCUT2D eigenvalue weighted by molar-refractivity contribution is -0.133. The van der Waals surface area contributed by atoms with Crippen LogP contribution in [0.25, 0.3) is 0 Å². The van der Waals surface area contributed by atoms with Crippen LogP contribution in [0.2, 0.25) is 0 Å². The zero-order valence-electron chi connectivity index (χ0n) is 15.7. The van der Waals surface area contributed by atoms with Crippen molar-refractivity contribution in [3.63, 3.8) is 0 Å². The highest BCUT2D eigenvalue weighted by molar-refractivity contribution is 6.11. The molecule has 5 heteroatoms. The van der Waals surface area contributed by atoms with Crippen LogP contribution < -0.4 is 5.32 Å². The van der Waals surface area contributed by atoms with E-state index in [2.05, 4.69) is 12.2 Å². The van der Waals surface area contributed by atoms with E-state index in [0.29, 0.717) is 12.0 Å². The van der Waals surface area contributed by atoms with E-state index in [9.17, 15) is 14.4 Å². The molecule has 1 aromatic rings. The molecular formula is C21H28N2O3. The van der Waals surface area contributed by atoms with E-state index in [0.717, 1.165) is 43.4 Å². The summed E-state index contributed by atoms with van der Waals surface area (Å²) in [5, 5.41) is 2.89. The lowest BCUT2D eigenvalue weighted by Gasteiger charge is -2.36. The fraction of sp³-hybridized carbons (Fsp3) is 0.571. The third-order valence-electron chi connectivity index (χ3n) is 5.90. The number of carbonyl (C=O) groups excluding carboxylic acids is 3. The number of hydrogen-bond donors (Lipinski definition) is 1. The van der Waals surface area contributed by atoms with Crippen LogP contribution in [0.4, 0.5) is 4.79 Å². The lowest BCUT2D eigenvalue weighted by Crippen LogP contribution is -2.54. The maximum atomic E-state index is 12.9. The van der Waals surface area contributed by atoms with Crippen LogP contribution in [-0.4, -0.2) is 34.7 Å². The summed E-state index contributed by atoms with van der Waals surface area (Å²) >= 11 is 0. The summed E-state index contributed by atoms with van der Waals surface area (Å²) in [6, 6.07) is 7.07. The molecule has 1 saturated carbocycles. The minimum absolute atomic E-state index is 0.102. The number of hydrogen-bond acceptors (Lipinski definition) is 3. The molecule has 2 aliphatic rings. The van der Waals surface area contributed by atoms with Gasteiger partial charge in [0.15, 0.2) is 5.78 Å². The van der Waals surface area contributed by atoms with Gasteiger partial charge in [-0.05, 0) is 37.2 Å². The second kappa shape index (κ2) is 7.60. The largest absolute Gasteiger partial charge is 0.325 e. The topological polar surface area (TPSA) is 66.5 Å². The number of nitrogens with one attached hydrogen (secondary N) is 1. The average molecular weight is 356 g/mol. The number of carbonyl (C=O) groups is 3. The summed E-state index contributed by atoms with van der Waals surface area (Å²) in [5.41, 5.74) is 0.941. The van der Waals surface area contributed by atoms with Gasteiger partial charge in [-0.2, -0.15) is 0 Å². The molecule has 3 rings (SSSR count). The molecule has 2 fully saturated rings. The molecule has 26 heavy (non-hydrogen) atoms. The molecular weight excluding hydrogens is 328 g/mol. The van der Waals surface area contributed by atoms with E-state index >= 15 is 0 Å². The quantitative estimate of drug-likeness (QED) is 0.624. The Morgan fingerprint density at radius 2 is 1.96 bits per heavy atom. The Balaban J connectivity index is 1.69. The molecule has 5 nitrogen and oxygen atoms in total. The van der Waals surface area contributed by atoms with Gasteiger partial charge in [-0.1, -0.05) is 57.4 Å². The molecule has 1 heterocycles. The van der Waals surface area contributed by atoms with E-state index in [1.807, 2.05) is 19.1 Å². The molecule has 1 N–H and O–H groups in total. The monoisotopic (exact) mass is 356 g/mol. The van der Waals surface area contributed by atoms with Crippen molar-refractivity contribution in [3.05, 3.63) is 35.4 Å². The van der Waals surface area contributed by atoms with Crippen molar-refractivity contribution in [1.29, 1.82) is 0 Å². The fourth-order valence-corrected chi connectivity index (χ4v) is 4.11. The number of Topliss-reactive ketones (excluding diaryl/α,β-unsaturated/α-hetero) is 1. The standard InChI is InChI=1S/C21H28N2O3/c1-3-4-8-16-9-11-17(12-10-16)18(24)14-23-19(25)21(22-20(23)26)13-6-5-7-15(21)2/h9-12,15H,3-8,13-14H2,1-2H3,(H,22,26)/t15-,21-/m0/s1. The molecule has 1 spiro atoms. The Bertz CT molecular complexity index is 698. The third kappa shape index (κ3) is 3.39. The first kappa shape index (κ1) is 18.6. The molecule has 1 aliphatic heterocycles. The number of aryl methyl sites for hydroxylation is 1. The molecule has 2 atom stereocenters. The molecule has 3 amide bonds. The summed E-state index contributed by atoms with van der Waals surface area (Å²) in [7, 11) is 0. The lowest BCUT2D eigenvalue weighted by atomic mass is 9.73. The maximum absolute atomic E-state index is 12.9. The Kier molecular flexibility index (Phi) is 5.44. The van der Waals surface area contributed by atoms with Gasteiger partial charge < -0.3 is 5.32 Å². The van der Waals surface area contributed by atoms with Crippen molar-refractivity contribution >= 4 is 17.7 Å². The van der Waals surface area contributed by atoms with Gasteiger partial charge in [-0.25, -0.2) is 4.79 Å². The Morgan fingerprint density at radius 3 is 2.62 bits per heavy atom. The van der Waals surface area contributed by atoms with Crippen LogP contribution in [0, 0.1) is 5.92 Å². The van der Waals surface area contributed by atoms with Crippen LogP contribution in [0.5, 0.6) is 0 Å². The van der Waals surface area contributed by atoms with Gasteiger partial charge >= 0.3 is 6.03 Å². The van der Waals surface area contributed by atoms with Gasteiger partial charge in [0.1, 0.15) is 5.54 Å². The number of amides is 3. The highest BCUT2D eigenvalue weighted by Crippen LogP contribution is 2.38. The van der Waals surface area contributed by atoms with Crippen LogP contribution >= 0.6 is 0 Å². The first-order valence-electron chi connectivity index (χ1n) is 9.74. The number of rotatable bonds is 6. The zero-order valence-corrected chi connectivity index (χ0v) is 15.7. The Morgan fingerprint density at radius 1 is 1.23 bits per heavy atom. The number of urea groups is 1. The van der Waals surface area contributed by atoms with E-state index in [-0.39, 0.29) is 24.2 Å². The first-order chi connectivity index (χ1) is 12.5. The van der Waals surface area contributed by atoms with Crippen LogP contribution in [0.15, 0.2) is 24.3 Å². The molecule has 0 bridgehead atoms. The number of imide groups is 1. The van der Waals surface area contributed by atoms with Crippen LogP contribution in [0.1, 0.15) is 68.3 Å². The van der Waals surface area contributed by atoms with E-state index in [1.54, 1.807) is 12.1 Å². The third-order valence-corrected chi connectivity index (χ3v) is 5.90. The number of benzene rings is 1. The average Bonchev–Trinajstić information content (AvgIpc) is 2.88. The number of nitrogens with zero attached hydrogens (tertiary/aromatic N) is 1. The second-order valence-corrected chi connectivity index (χ2v) is 7.66. The van der Waals surface area contributed by atoms with Gasteiger partial charge in [0.05, 0.1) is 6.54 Å². The zero-order chi connectivity index (χ0) is 18.7. The predicted octanol–water partition coefficient (Wildman–Crippen LogP) is 3.71. The summed E-state index contributed by atoms with van der Waals surface area (Å²) < 4.78 is 0.